The van der Waals surface area contributed by atoms with Crippen molar-refractivity contribution in [3.63, 3.8) is 0 Å². The van der Waals surface area contributed by atoms with E-state index in [0.29, 0.717) is 24.3 Å². The van der Waals surface area contributed by atoms with E-state index < -0.39 is 6.10 Å². The number of nitrogens with zero attached hydrogens (tertiary/aromatic N) is 1. The standard InChI is InChI=1S/C14H18N2O4/c1-9(8-19-2)15-14(18)13-7-11(16-20-13)10-5-3-4-6-12(10)17/h3-6,9,13,17H,7-8H2,1-2H3,(H,15,18)/t9-,13+/m0/s1. The lowest BCUT2D eigenvalue weighted by molar-refractivity contribution is -0.132. The number of hydrogen-bond acceptors (Lipinski definition) is 5. The lowest BCUT2D eigenvalue weighted by Crippen LogP contribution is -2.42. The van der Waals surface area contributed by atoms with Gasteiger partial charge in [-0.25, -0.2) is 0 Å². The highest BCUT2D eigenvalue weighted by atomic mass is 16.6. The number of rotatable bonds is 5. The first-order valence-electron chi connectivity index (χ1n) is 6.42. The van der Waals surface area contributed by atoms with Gasteiger partial charge in [-0.3, -0.25) is 4.79 Å². The number of benzene rings is 1. The highest BCUT2D eigenvalue weighted by Crippen LogP contribution is 2.23. The molecule has 0 aliphatic carbocycles. The molecule has 20 heavy (non-hydrogen) atoms. The van der Waals surface area contributed by atoms with E-state index in [9.17, 15) is 9.90 Å². The Kier molecular flexibility index (Phi) is 4.57. The van der Waals surface area contributed by atoms with Gasteiger partial charge in [0.1, 0.15) is 5.75 Å². The minimum absolute atomic E-state index is 0.0923. The summed E-state index contributed by atoms with van der Waals surface area (Å²) in [5.41, 5.74) is 1.16. The molecule has 0 fully saturated rings. The van der Waals surface area contributed by atoms with Crippen LogP contribution >= 0.6 is 0 Å². The van der Waals surface area contributed by atoms with E-state index >= 15 is 0 Å². The van der Waals surface area contributed by atoms with Crippen molar-refractivity contribution >= 4 is 11.6 Å². The molecule has 2 atom stereocenters. The number of carbonyl (C=O) groups is 1. The number of hydrogen-bond donors (Lipinski definition) is 2. The average molecular weight is 278 g/mol. The van der Waals surface area contributed by atoms with Crippen LogP contribution in [0.5, 0.6) is 5.75 Å². The van der Waals surface area contributed by atoms with Gasteiger partial charge in [0, 0.05) is 25.1 Å². The minimum Gasteiger partial charge on any atom is -0.507 e. The molecule has 1 aliphatic rings. The predicted molar refractivity (Wildman–Crippen MR) is 73.6 cm³/mol. The van der Waals surface area contributed by atoms with Crippen molar-refractivity contribution in [1.29, 1.82) is 0 Å². The summed E-state index contributed by atoms with van der Waals surface area (Å²) in [6.07, 6.45) is -0.327. The van der Waals surface area contributed by atoms with Gasteiger partial charge in [0.15, 0.2) is 0 Å². The molecule has 1 aromatic carbocycles. The molecule has 0 unspecified atom stereocenters. The second-order valence-corrected chi connectivity index (χ2v) is 4.72. The Morgan fingerprint density at radius 2 is 2.35 bits per heavy atom. The number of nitrogens with one attached hydrogen (secondary N) is 1. The Bertz CT molecular complexity index is 516. The zero-order chi connectivity index (χ0) is 14.5. The van der Waals surface area contributed by atoms with Gasteiger partial charge in [0.25, 0.3) is 5.91 Å². The summed E-state index contributed by atoms with van der Waals surface area (Å²) in [4.78, 5) is 17.1. The fourth-order valence-corrected chi connectivity index (χ4v) is 2.02. The van der Waals surface area contributed by atoms with Gasteiger partial charge in [-0.15, -0.1) is 0 Å². The van der Waals surface area contributed by atoms with Crippen LogP contribution in [0.2, 0.25) is 0 Å². The van der Waals surface area contributed by atoms with Crippen LogP contribution in [0.1, 0.15) is 18.9 Å². The summed E-state index contributed by atoms with van der Waals surface area (Å²) in [5.74, 6) is -0.104. The van der Waals surface area contributed by atoms with Gasteiger partial charge >= 0.3 is 0 Å². The van der Waals surface area contributed by atoms with Gasteiger partial charge < -0.3 is 20.0 Å². The van der Waals surface area contributed by atoms with Gasteiger partial charge in [0.2, 0.25) is 6.10 Å². The largest absolute Gasteiger partial charge is 0.507 e. The van der Waals surface area contributed by atoms with Crippen LogP contribution in [0.15, 0.2) is 29.4 Å². The topological polar surface area (TPSA) is 80.2 Å². The van der Waals surface area contributed by atoms with Gasteiger partial charge in [-0.05, 0) is 19.1 Å². The van der Waals surface area contributed by atoms with Crippen LogP contribution in [-0.2, 0) is 14.4 Å². The first-order valence-corrected chi connectivity index (χ1v) is 6.42. The number of methoxy groups -OCH3 is 1. The summed E-state index contributed by atoms with van der Waals surface area (Å²) >= 11 is 0. The van der Waals surface area contributed by atoms with Crippen molar-refractivity contribution < 1.29 is 19.5 Å². The lowest BCUT2D eigenvalue weighted by Gasteiger charge is -2.15. The first kappa shape index (κ1) is 14.3. The zero-order valence-electron chi connectivity index (χ0n) is 11.5. The maximum Gasteiger partial charge on any atom is 0.264 e. The van der Waals surface area contributed by atoms with Crippen molar-refractivity contribution in [1.82, 2.24) is 5.32 Å². The van der Waals surface area contributed by atoms with Crippen molar-refractivity contribution in [2.24, 2.45) is 5.16 Å². The van der Waals surface area contributed by atoms with E-state index in [1.165, 1.54) is 0 Å². The van der Waals surface area contributed by atoms with E-state index in [1.807, 2.05) is 6.92 Å². The summed E-state index contributed by atoms with van der Waals surface area (Å²) in [5, 5.41) is 16.4. The second-order valence-electron chi connectivity index (χ2n) is 4.72. The van der Waals surface area contributed by atoms with Crippen molar-refractivity contribution in [3.05, 3.63) is 29.8 Å². The molecule has 0 bridgehead atoms. The van der Waals surface area contributed by atoms with E-state index in [2.05, 4.69) is 10.5 Å². The SMILES string of the molecule is COC[C@H](C)NC(=O)[C@H]1CC(c2ccccc2O)=NO1. The van der Waals surface area contributed by atoms with Gasteiger partial charge in [-0.1, -0.05) is 17.3 Å². The molecule has 0 radical (unpaired) electrons. The van der Waals surface area contributed by atoms with E-state index in [1.54, 1.807) is 31.4 Å². The number of phenols is 1. The van der Waals surface area contributed by atoms with Crippen molar-refractivity contribution in [2.75, 3.05) is 13.7 Å². The third-order valence-electron chi connectivity index (χ3n) is 2.98. The molecule has 108 valence electrons. The van der Waals surface area contributed by atoms with Crippen LogP contribution in [0.25, 0.3) is 0 Å². The minimum atomic E-state index is -0.663. The Morgan fingerprint density at radius 1 is 1.60 bits per heavy atom. The number of carbonyl (C=O) groups excluding carboxylic acids is 1. The highest BCUT2D eigenvalue weighted by molar-refractivity contribution is 6.05. The number of phenolic OH excluding ortho intramolecular Hbond substituents is 1. The van der Waals surface area contributed by atoms with Crippen LogP contribution < -0.4 is 5.32 Å². The highest BCUT2D eigenvalue weighted by Gasteiger charge is 2.30. The van der Waals surface area contributed by atoms with Crippen LogP contribution in [0, 0.1) is 0 Å². The Hall–Kier alpha value is -2.08. The smallest absolute Gasteiger partial charge is 0.264 e. The van der Waals surface area contributed by atoms with Crippen molar-refractivity contribution in [2.45, 2.75) is 25.5 Å². The van der Waals surface area contributed by atoms with E-state index in [4.69, 9.17) is 9.57 Å². The summed E-state index contributed by atoms with van der Waals surface area (Å²) in [6.45, 7) is 2.28. The van der Waals surface area contributed by atoms with E-state index in [0.717, 1.165) is 0 Å². The third kappa shape index (κ3) is 3.27. The first-order chi connectivity index (χ1) is 9.61. The number of aromatic hydroxyl groups is 1. The molecule has 6 nitrogen and oxygen atoms in total. The Morgan fingerprint density at radius 3 is 3.05 bits per heavy atom. The van der Waals surface area contributed by atoms with E-state index in [-0.39, 0.29) is 17.7 Å². The number of ether oxygens (including phenoxy) is 1. The summed E-state index contributed by atoms with van der Waals surface area (Å²) < 4.78 is 4.96. The normalized spacial score (nSPS) is 19.1. The molecule has 0 aromatic heterocycles. The quantitative estimate of drug-likeness (QED) is 0.843. The molecule has 2 N–H and O–H groups in total. The number of oxime groups is 1. The molecule has 0 saturated carbocycles. The molecule has 0 saturated heterocycles. The molecule has 0 spiro atoms. The molecule has 1 heterocycles. The summed E-state index contributed by atoms with van der Waals surface area (Å²) in [6, 6.07) is 6.75. The fraction of sp³-hybridized carbons (Fsp3) is 0.429. The lowest BCUT2D eigenvalue weighted by atomic mass is 10.0. The van der Waals surface area contributed by atoms with Crippen LogP contribution in [0.3, 0.4) is 0 Å². The number of amides is 1. The third-order valence-corrected chi connectivity index (χ3v) is 2.98. The fourth-order valence-electron chi connectivity index (χ4n) is 2.02. The molecule has 1 aliphatic heterocycles. The molecular formula is C14H18N2O4. The van der Waals surface area contributed by atoms with Crippen LogP contribution in [-0.4, -0.2) is 42.6 Å². The molecule has 1 aromatic rings. The Balaban J connectivity index is 1.95. The summed E-state index contributed by atoms with van der Waals surface area (Å²) in [7, 11) is 1.58. The molecule has 2 rings (SSSR count). The monoisotopic (exact) mass is 278 g/mol. The number of para-hydroxylation sites is 1. The zero-order valence-corrected chi connectivity index (χ0v) is 11.5. The second kappa shape index (κ2) is 6.38. The van der Waals surface area contributed by atoms with Crippen molar-refractivity contribution in [3.8, 4) is 5.75 Å². The average Bonchev–Trinajstić information content (AvgIpc) is 2.89. The predicted octanol–water partition coefficient (Wildman–Crippen LogP) is 1.04. The van der Waals surface area contributed by atoms with Gasteiger partial charge in [0.05, 0.1) is 12.3 Å². The maximum absolute atomic E-state index is 12.0. The molecule has 1 amide bonds. The van der Waals surface area contributed by atoms with Gasteiger partial charge in [-0.2, -0.15) is 0 Å². The Labute approximate surface area is 117 Å². The molecular weight excluding hydrogens is 260 g/mol. The maximum atomic E-state index is 12.0. The molecule has 6 heteroatoms. The van der Waals surface area contributed by atoms with Crippen LogP contribution in [0.4, 0.5) is 0 Å².